The summed E-state index contributed by atoms with van der Waals surface area (Å²) < 4.78 is 40.6. The van der Waals surface area contributed by atoms with Gasteiger partial charge in [-0.2, -0.15) is 0 Å². The Labute approximate surface area is 134 Å². The summed E-state index contributed by atoms with van der Waals surface area (Å²) in [5.74, 6) is -3.13. The highest BCUT2D eigenvalue weighted by atomic mass is 79.9. The van der Waals surface area contributed by atoms with Gasteiger partial charge >= 0.3 is 0 Å². The van der Waals surface area contributed by atoms with Crippen molar-refractivity contribution in [2.24, 2.45) is 0 Å². The first-order valence-electron chi connectivity index (χ1n) is 6.48. The average Bonchev–Trinajstić information content (AvgIpc) is 2.48. The van der Waals surface area contributed by atoms with Crippen molar-refractivity contribution in [2.45, 2.75) is 13.0 Å². The van der Waals surface area contributed by atoms with Crippen LogP contribution in [-0.4, -0.2) is 17.9 Å². The average molecular weight is 372 g/mol. The van der Waals surface area contributed by atoms with Crippen LogP contribution in [0.15, 0.2) is 40.9 Å². The third kappa shape index (κ3) is 3.32. The van der Waals surface area contributed by atoms with Gasteiger partial charge < -0.3 is 4.90 Å². The van der Waals surface area contributed by atoms with Crippen LogP contribution in [0.2, 0.25) is 0 Å². The van der Waals surface area contributed by atoms with Gasteiger partial charge in [-0.3, -0.25) is 4.79 Å². The third-order valence-corrected chi connectivity index (χ3v) is 3.98. The van der Waals surface area contributed by atoms with Crippen LogP contribution < -0.4 is 0 Å². The number of benzene rings is 2. The first kappa shape index (κ1) is 16.5. The molecule has 1 amide bonds. The van der Waals surface area contributed by atoms with Gasteiger partial charge in [0.05, 0.1) is 11.6 Å². The summed E-state index contributed by atoms with van der Waals surface area (Å²) in [6.45, 7) is 1.65. The lowest BCUT2D eigenvalue weighted by atomic mass is 10.1. The van der Waals surface area contributed by atoms with E-state index in [1.54, 1.807) is 13.0 Å². The molecule has 0 N–H and O–H groups in total. The van der Waals surface area contributed by atoms with Gasteiger partial charge in [0.15, 0.2) is 11.6 Å². The topological polar surface area (TPSA) is 20.3 Å². The molecule has 0 radical (unpaired) electrons. The Balaban J connectivity index is 2.27. The van der Waals surface area contributed by atoms with Crippen molar-refractivity contribution in [3.8, 4) is 0 Å². The van der Waals surface area contributed by atoms with Crippen LogP contribution in [0.1, 0.15) is 28.9 Å². The van der Waals surface area contributed by atoms with Gasteiger partial charge in [-0.05, 0) is 42.8 Å². The van der Waals surface area contributed by atoms with E-state index in [-0.39, 0.29) is 5.56 Å². The Morgan fingerprint density at radius 1 is 1.05 bits per heavy atom. The van der Waals surface area contributed by atoms with Gasteiger partial charge in [0.1, 0.15) is 5.82 Å². The number of hydrogen-bond acceptors (Lipinski definition) is 1. The van der Waals surface area contributed by atoms with Gasteiger partial charge in [0.25, 0.3) is 5.91 Å². The lowest BCUT2D eigenvalue weighted by molar-refractivity contribution is 0.0737. The fourth-order valence-electron chi connectivity index (χ4n) is 2.02. The van der Waals surface area contributed by atoms with E-state index in [4.69, 9.17) is 0 Å². The summed E-state index contributed by atoms with van der Waals surface area (Å²) in [6.07, 6.45) is 0. The molecule has 22 heavy (non-hydrogen) atoms. The number of rotatable bonds is 3. The Hall–Kier alpha value is -1.82. The number of halogens is 4. The fourth-order valence-corrected chi connectivity index (χ4v) is 2.36. The van der Waals surface area contributed by atoms with Crippen molar-refractivity contribution in [1.82, 2.24) is 4.90 Å². The molecule has 0 saturated heterocycles. The van der Waals surface area contributed by atoms with Crippen LogP contribution in [0.5, 0.6) is 0 Å². The van der Waals surface area contributed by atoms with E-state index in [1.165, 1.54) is 30.1 Å². The molecule has 0 aromatic heterocycles. The molecule has 0 aliphatic heterocycles. The largest absolute Gasteiger partial charge is 0.335 e. The van der Waals surface area contributed by atoms with Gasteiger partial charge in [-0.15, -0.1) is 0 Å². The summed E-state index contributed by atoms with van der Waals surface area (Å²) in [5, 5.41) is 0. The minimum atomic E-state index is -0.986. The van der Waals surface area contributed by atoms with E-state index in [0.29, 0.717) is 10.0 Å². The lowest BCUT2D eigenvalue weighted by Gasteiger charge is -2.25. The van der Waals surface area contributed by atoms with Crippen molar-refractivity contribution in [2.75, 3.05) is 7.05 Å². The summed E-state index contributed by atoms with van der Waals surface area (Å²) in [5.41, 5.74) is 0.340. The first-order valence-corrected chi connectivity index (χ1v) is 7.27. The normalized spacial score (nSPS) is 12.1. The zero-order valence-corrected chi connectivity index (χ0v) is 13.5. The number of carbonyl (C=O) groups is 1. The second-order valence-corrected chi connectivity index (χ2v) is 5.81. The summed E-state index contributed by atoms with van der Waals surface area (Å²) in [7, 11) is 1.48. The van der Waals surface area contributed by atoms with Crippen LogP contribution in [0.25, 0.3) is 0 Å². The van der Waals surface area contributed by atoms with Crippen LogP contribution in [0, 0.1) is 17.5 Å². The first-order chi connectivity index (χ1) is 10.3. The van der Waals surface area contributed by atoms with Crippen LogP contribution in [0.4, 0.5) is 13.2 Å². The maximum atomic E-state index is 13.9. The molecule has 1 atom stereocenters. The molecular formula is C16H13BrF3NO. The molecule has 116 valence electrons. The van der Waals surface area contributed by atoms with Crippen LogP contribution >= 0.6 is 15.9 Å². The SMILES string of the molecule is CC(c1ccc(F)c(F)c1)N(C)C(=O)c1ccc(Br)cc1F. The molecule has 2 nitrogen and oxygen atoms in total. The number of nitrogens with zero attached hydrogens (tertiary/aromatic N) is 1. The van der Waals surface area contributed by atoms with Crippen molar-refractivity contribution >= 4 is 21.8 Å². The lowest BCUT2D eigenvalue weighted by Crippen LogP contribution is -2.30. The van der Waals surface area contributed by atoms with E-state index < -0.39 is 29.4 Å². The molecular weight excluding hydrogens is 359 g/mol. The van der Waals surface area contributed by atoms with E-state index in [1.807, 2.05) is 0 Å². The van der Waals surface area contributed by atoms with Gasteiger partial charge in [-0.1, -0.05) is 22.0 Å². The Kier molecular flexibility index (Phi) is 4.90. The Morgan fingerprint density at radius 3 is 2.32 bits per heavy atom. The molecule has 6 heteroatoms. The van der Waals surface area contributed by atoms with E-state index >= 15 is 0 Å². The molecule has 2 rings (SSSR count). The zero-order valence-electron chi connectivity index (χ0n) is 11.9. The van der Waals surface area contributed by atoms with Crippen molar-refractivity contribution in [1.29, 1.82) is 0 Å². The summed E-state index contributed by atoms with van der Waals surface area (Å²) in [4.78, 5) is 13.6. The van der Waals surface area contributed by atoms with Crippen molar-refractivity contribution in [3.63, 3.8) is 0 Å². The maximum absolute atomic E-state index is 13.9. The molecule has 0 fully saturated rings. The Morgan fingerprint density at radius 2 is 1.73 bits per heavy atom. The molecule has 0 heterocycles. The van der Waals surface area contributed by atoms with Crippen LogP contribution in [0.3, 0.4) is 0 Å². The molecule has 0 bridgehead atoms. The fraction of sp³-hybridized carbons (Fsp3) is 0.188. The summed E-state index contributed by atoms with van der Waals surface area (Å²) >= 11 is 3.12. The van der Waals surface area contributed by atoms with Gasteiger partial charge in [0, 0.05) is 11.5 Å². The van der Waals surface area contributed by atoms with Crippen molar-refractivity contribution < 1.29 is 18.0 Å². The molecule has 0 spiro atoms. The second-order valence-electron chi connectivity index (χ2n) is 4.89. The van der Waals surface area contributed by atoms with E-state index in [0.717, 1.165) is 12.1 Å². The highest BCUT2D eigenvalue weighted by molar-refractivity contribution is 9.10. The minimum Gasteiger partial charge on any atom is -0.335 e. The quantitative estimate of drug-likeness (QED) is 0.765. The molecule has 2 aromatic rings. The number of carbonyl (C=O) groups excluding carboxylic acids is 1. The Bertz CT molecular complexity index is 721. The summed E-state index contributed by atoms with van der Waals surface area (Å²) in [6, 6.07) is 7.02. The number of hydrogen-bond donors (Lipinski definition) is 0. The highest BCUT2D eigenvalue weighted by Gasteiger charge is 2.22. The molecule has 0 saturated carbocycles. The number of amides is 1. The van der Waals surface area contributed by atoms with E-state index in [9.17, 15) is 18.0 Å². The molecule has 0 aliphatic rings. The highest BCUT2D eigenvalue weighted by Crippen LogP contribution is 2.24. The van der Waals surface area contributed by atoms with Crippen LogP contribution in [-0.2, 0) is 0 Å². The maximum Gasteiger partial charge on any atom is 0.257 e. The minimum absolute atomic E-state index is 0.0832. The molecule has 2 aromatic carbocycles. The van der Waals surface area contributed by atoms with E-state index in [2.05, 4.69) is 15.9 Å². The second kappa shape index (κ2) is 6.52. The smallest absolute Gasteiger partial charge is 0.257 e. The third-order valence-electron chi connectivity index (χ3n) is 3.49. The predicted molar refractivity (Wildman–Crippen MR) is 81.0 cm³/mol. The molecule has 1 unspecified atom stereocenters. The van der Waals surface area contributed by atoms with Crippen molar-refractivity contribution in [3.05, 3.63) is 69.4 Å². The monoisotopic (exact) mass is 371 g/mol. The predicted octanol–water partition coefficient (Wildman–Crippen LogP) is 4.70. The standard InChI is InChI=1S/C16H13BrF3NO/c1-9(10-3-6-13(18)15(20)7-10)21(2)16(22)12-5-4-11(17)8-14(12)19/h3-9H,1-2H3. The van der Waals surface area contributed by atoms with Gasteiger partial charge in [-0.25, -0.2) is 13.2 Å². The van der Waals surface area contributed by atoms with Gasteiger partial charge in [0.2, 0.25) is 0 Å². The molecule has 0 aliphatic carbocycles. The zero-order chi connectivity index (χ0) is 16.4.